The Morgan fingerprint density at radius 2 is 2.24 bits per heavy atom. The van der Waals surface area contributed by atoms with Gasteiger partial charge in [-0.15, -0.1) is 0 Å². The molecule has 2 N–H and O–H groups in total. The van der Waals surface area contributed by atoms with Gasteiger partial charge in [-0.1, -0.05) is 13.8 Å². The summed E-state index contributed by atoms with van der Waals surface area (Å²) in [6.45, 7) is 9.10. The van der Waals surface area contributed by atoms with Gasteiger partial charge < -0.3 is 15.4 Å². The largest absolute Gasteiger partial charge is 0.475 e. The number of nitrogens with one attached hydrogen (secondary N) is 2. The third-order valence-corrected chi connectivity index (χ3v) is 3.28. The van der Waals surface area contributed by atoms with Crippen molar-refractivity contribution in [2.75, 3.05) is 13.1 Å². The molecule has 0 bridgehead atoms. The topological polar surface area (TPSA) is 58.5 Å². The van der Waals surface area contributed by atoms with Crippen LogP contribution in [0.5, 0.6) is 5.88 Å². The number of hydrogen-bond donors (Lipinski definition) is 2. The first-order valence-corrected chi connectivity index (χ1v) is 7.77. The molecule has 116 valence electrons. The molecule has 5 heteroatoms. The van der Waals surface area contributed by atoms with Crippen LogP contribution in [0.3, 0.4) is 0 Å². The Morgan fingerprint density at radius 1 is 1.38 bits per heavy atom. The van der Waals surface area contributed by atoms with Crippen molar-refractivity contribution in [2.45, 2.75) is 46.3 Å². The van der Waals surface area contributed by atoms with Crippen molar-refractivity contribution in [3.8, 4) is 5.88 Å². The molecule has 1 atom stereocenters. The lowest BCUT2D eigenvalue weighted by Crippen LogP contribution is -2.40. The van der Waals surface area contributed by atoms with Gasteiger partial charge in [0.05, 0.1) is 6.10 Å². The third-order valence-electron chi connectivity index (χ3n) is 3.28. The second-order valence-corrected chi connectivity index (χ2v) is 5.92. The van der Waals surface area contributed by atoms with Gasteiger partial charge in [0.25, 0.3) is 0 Å². The molecule has 1 aliphatic heterocycles. The molecular formula is C16H26N4O. The summed E-state index contributed by atoms with van der Waals surface area (Å²) in [6.07, 6.45) is 4.12. The zero-order valence-corrected chi connectivity index (χ0v) is 13.2. The highest BCUT2D eigenvalue weighted by Gasteiger charge is 2.08. The van der Waals surface area contributed by atoms with Gasteiger partial charge in [-0.2, -0.15) is 0 Å². The number of guanidine groups is 1. The molecule has 1 aromatic heterocycles. The van der Waals surface area contributed by atoms with Crippen molar-refractivity contribution in [1.82, 2.24) is 15.6 Å². The summed E-state index contributed by atoms with van der Waals surface area (Å²) in [4.78, 5) is 8.68. The molecule has 5 nitrogen and oxygen atoms in total. The second-order valence-electron chi connectivity index (χ2n) is 5.92. The van der Waals surface area contributed by atoms with Crippen molar-refractivity contribution >= 4 is 5.96 Å². The second kappa shape index (κ2) is 7.86. The lowest BCUT2D eigenvalue weighted by Gasteiger charge is -2.17. The van der Waals surface area contributed by atoms with Crippen LogP contribution in [0.4, 0.5) is 0 Å². The smallest absolute Gasteiger partial charge is 0.213 e. The number of aromatic nitrogens is 1. The molecule has 0 radical (unpaired) electrons. The van der Waals surface area contributed by atoms with Crippen LogP contribution in [0.1, 0.15) is 39.2 Å². The predicted molar refractivity (Wildman–Crippen MR) is 85.5 cm³/mol. The highest BCUT2D eigenvalue weighted by molar-refractivity contribution is 5.80. The summed E-state index contributed by atoms with van der Waals surface area (Å²) >= 11 is 0. The van der Waals surface area contributed by atoms with E-state index in [1.807, 2.05) is 12.1 Å². The number of ether oxygens (including phenoxy) is 1. The summed E-state index contributed by atoms with van der Waals surface area (Å²) in [7, 11) is 0. The first-order chi connectivity index (χ1) is 10.1. The first kappa shape index (κ1) is 15.6. The van der Waals surface area contributed by atoms with Crippen LogP contribution < -0.4 is 15.4 Å². The van der Waals surface area contributed by atoms with Crippen LogP contribution in [-0.2, 0) is 6.54 Å². The van der Waals surface area contributed by atoms with Gasteiger partial charge in [-0.05, 0) is 37.3 Å². The van der Waals surface area contributed by atoms with Crippen molar-refractivity contribution in [3.63, 3.8) is 0 Å². The zero-order valence-electron chi connectivity index (χ0n) is 13.2. The van der Waals surface area contributed by atoms with E-state index in [9.17, 15) is 0 Å². The summed E-state index contributed by atoms with van der Waals surface area (Å²) in [6, 6.07) is 3.99. The van der Waals surface area contributed by atoms with Crippen molar-refractivity contribution in [2.24, 2.45) is 10.9 Å². The van der Waals surface area contributed by atoms with Crippen molar-refractivity contribution in [3.05, 3.63) is 23.9 Å². The minimum atomic E-state index is 0.185. The SMILES string of the molecule is CC(C)CC(C)Oc1cc(CNC2=NCCCN2)ccn1. The average Bonchev–Trinajstić information content (AvgIpc) is 2.46. The Balaban J connectivity index is 1.86. The van der Waals surface area contributed by atoms with E-state index in [0.717, 1.165) is 44.0 Å². The molecule has 1 aliphatic rings. The molecule has 2 rings (SSSR count). The van der Waals surface area contributed by atoms with Gasteiger partial charge in [0.15, 0.2) is 5.96 Å². The average molecular weight is 290 g/mol. The molecule has 2 heterocycles. The van der Waals surface area contributed by atoms with Crippen molar-refractivity contribution < 1.29 is 4.74 Å². The van der Waals surface area contributed by atoms with Crippen molar-refractivity contribution in [1.29, 1.82) is 0 Å². The van der Waals surface area contributed by atoms with Crippen LogP contribution >= 0.6 is 0 Å². The van der Waals surface area contributed by atoms with E-state index in [1.54, 1.807) is 6.20 Å². The zero-order chi connectivity index (χ0) is 15.1. The first-order valence-electron chi connectivity index (χ1n) is 7.77. The van der Waals surface area contributed by atoms with Gasteiger partial charge >= 0.3 is 0 Å². The molecule has 0 saturated carbocycles. The van der Waals surface area contributed by atoms with Gasteiger partial charge in [-0.3, -0.25) is 4.99 Å². The van der Waals surface area contributed by atoms with Crippen LogP contribution in [0.25, 0.3) is 0 Å². The molecule has 0 amide bonds. The van der Waals surface area contributed by atoms with E-state index in [4.69, 9.17) is 4.74 Å². The quantitative estimate of drug-likeness (QED) is 0.844. The Kier molecular flexibility index (Phi) is 5.84. The highest BCUT2D eigenvalue weighted by Crippen LogP contribution is 2.14. The van der Waals surface area contributed by atoms with E-state index in [-0.39, 0.29) is 6.10 Å². The molecule has 0 aromatic carbocycles. The minimum Gasteiger partial charge on any atom is -0.475 e. The van der Waals surface area contributed by atoms with Gasteiger partial charge in [-0.25, -0.2) is 4.98 Å². The highest BCUT2D eigenvalue weighted by atomic mass is 16.5. The summed E-state index contributed by atoms with van der Waals surface area (Å²) < 4.78 is 5.87. The summed E-state index contributed by atoms with van der Waals surface area (Å²) in [5.41, 5.74) is 1.15. The molecule has 0 fully saturated rings. The normalized spacial score (nSPS) is 16.1. The fourth-order valence-corrected chi connectivity index (χ4v) is 2.38. The Labute approximate surface area is 127 Å². The summed E-state index contributed by atoms with van der Waals surface area (Å²) in [5.74, 6) is 2.20. The van der Waals surface area contributed by atoms with E-state index in [2.05, 4.69) is 41.4 Å². The van der Waals surface area contributed by atoms with E-state index in [0.29, 0.717) is 11.8 Å². The standard InChI is InChI=1S/C16H26N4O/c1-12(2)9-13(3)21-15-10-14(5-8-17-15)11-20-16-18-6-4-7-19-16/h5,8,10,12-13H,4,6-7,9,11H2,1-3H3,(H2,18,19,20). The molecule has 1 unspecified atom stereocenters. The molecule has 0 aliphatic carbocycles. The van der Waals surface area contributed by atoms with Crippen LogP contribution in [0, 0.1) is 5.92 Å². The number of nitrogens with zero attached hydrogens (tertiary/aromatic N) is 2. The molecular weight excluding hydrogens is 264 g/mol. The van der Waals surface area contributed by atoms with Crippen LogP contribution in [-0.4, -0.2) is 30.1 Å². The van der Waals surface area contributed by atoms with Crippen LogP contribution in [0.2, 0.25) is 0 Å². The lowest BCUT2D eigenvalue weighted by atomic mass is 10.1. The fourth-order valence-electron chi connectivity index (χ4n) is 2.38. The number of rotatable bonds is 6. The van der Waals surface area contributed by atoms with E-state index >= 15 is 0 Å². The Bertz CT molecular complexity index is 473. The molecule has 1 aromatic rings. The Morgan fingerprint density at radius 3 is 2.95 bits per heavy atom. The van der Waals surface area contributed by atoms with E-state index in [1.165, 1.54) is 0 Å². The molecule has 0 saturated heterocycles. The lowest BCUT2D eigenvalue weighted by molar-refractivity contribution is 0.185. The minimum absolute atomic E-state index is 0.185. The van der Waals surface area contributed by atoms with Gasteiger partial charge in [0.2, 0.25) is 5.88 Å². The fraction of sp³-hybridized carbons (Fsp3) is 0.625. The predicted octanol–water partition coefficient (Wildman–Crippen LogP) is 2.33. The van der Waals surface area contributed by atoms with Crippen LogP contribution in [0.15, 0.2) is 23.3 Å². The maximum absolute atomic E-state index is 5.87. The molecule has 21 heavy (non-hydrogen) atoms. The molecule has 0 spiro atoms. The Hall–Kier alpha value is -1.78. The number of hydrogen-bond acceptors (Lipinski definition) is 5. The maximum atomic E-state index is 5.87. The third kappa shape index (κ3) is 5.61. The maximum Gasteiger partial charge on any atom is 0.213 e. The summed E-state index contributed by atoms with van der Waals surface area (Å²) in [5, 5.41) is 6.56. The van der Waals surface area contributed by atoms with Gasteiger partial charge in [0, 0.05) is 31.9 Å². The monoisotopic (exact) mass is 290 g/mol. The number of aliphatic imine (C=N–C) groups is 1. The van der Waals surface area contributed by atoms with E-state index < -0.39 is 0 Å². The number of pyridine rings is 1. The van der Waals surface area contributed by atoms with Gasteiger partial charge in [0.1, 0.15) is 0 Å².